The van der Waals surface area contributed by atoms with Crippen LogP contribution in [-0.2, 0) is 6.42 Å². The number of aromatic nitrogens is 1. The Hall–Kier alpha value is -1.33. The highest BCUT2D eigenvalue weighted by Crippen LogP contribution is 2.28. The number of benzene rings is 1. The van der Waals surface area contributed by atoms with Crippen molar-refractivity contribution in [2.24, 2.45) is 5.73 Å². The first-order chi connectivity index (χ1) is 8.54. The van der Waals surface area contributed by atoms with Crippen LogP contribution in [0.25, 0.3) is 0 Å². The molecule has 0 amide bonds. The van der Waals surface area contributed by atoms with Crippen LogP contribution in [0.15, 0.2) is 18.2 Å². The SMILES string of the molecule is CCc1nc(C(N)c2cccc(F)c2F)sc1C. The Bertz CT molecular complexity index is 566. The van der Waals surface area contributed by atoms with Crippen molar-refractivity contribution < 1.29 is 8.78 Å². The second-order valence-corrected chi connectivity index (χ2v) is 5.26. The van der Waals surface area contributed by atoms with Gasteiger partial charge in [-0.1, -0.05) is 19.1 Å². The first-order valence-electron chi connectivity index (χ1n) is 5.70. The van der Waals surface area contributed by atoms with Crippen LogP contribution in [0.5, 0.6) is 0 Å². The number of halogens is 2. The van der Waals surface area contributed by atoms with E-state index in [0.29, 0.717) is 5.01 Å². The highest BCUT2D eigenvalue weighted by Gasteiger charge is 2.20. The van der Waals surface area contributed by atoms with Gasteiger partial charge in [0, 0.05) is 10.4 Å². The molecule has 96 valence electrons. The molecular formula is C13H14F2N2S. The Balaban J connectivity index is 2.41. The molecule has 1 aromatic heterocycles. The first kappa shape index (κ1) is 13.1. The lowest BCUT2D eigenvalue weighted by molar-refractivity contribution is 0.494. The van der Waals surface area contributed by atoms with Crippen molar-refractivity contribution in [2.45, 2.75) is 26.3 Å². The second kappa shape index (κ2) is 5.12. The molecule has 0 fully saturated rings. The second-order valence-electron chi connectivity index (χ2n) is 4.03. The quantitative estimate of drug-likeness (QED) is 0.927. The summed E-state index contributed by atoms with van der Waals surface area (Å²) in [5.74, 6) is -1.78. The first-order valence-corrected chi connectivity index (χ1v) is 6.52. The minimum absolute atomic E-state index is 0.145. The highest BCUT2D eigenvalue weighted by atomic mass is 32.1. The molecule has 0 aliphatic carbocycles. The van der Waals surface area contributed by atoms with E-state index in [1.807, 2.05) is 13.8 Å². The molecule has 0 saturated heterocycles. The Morgan fingerprint density at radius 3 is 2.72 bits per heavy atom. The maximum Gasteiger partial charge on any atom is 0.164 e. The smallest absolute Gasteiger partial charge is 0.164 e. The summed E-state index contributed by atoms with van der Waals surface area (Å²) in [6.07, 6.45) is 0.806. The molecular weight excluding hydrogens is 254 g/mol. The normalized spacial score (nSPS) is 12.7. The number of rotatable bonds is 3. The van der Waals surface area contributed by atoms with Gasteiger partial charge >= 0.3 is 0 Å². The lowest BCUT2D eigenvalue weighted by atomic mass is 10.1. The molecule has 1 aromatic carbocycles. The summed E-state index contributed by atoms with van der Waals surface area (Å²) in [6, 6.07) is 3.31. The molecule has 2 nitrogen and oxygen atoms in total. The molecule has 1 unspecified atom stereocenters. The van der Waals surface area contributed by atoms with Crippen molar-refractivity contribution in [3.05, 3.63) is 51.0 Å². The molecule has 0 saturated carbocycles. The molecule has 2 N–H and O–H groups in total. The Kier molecular flexibility index (Phi) is 3.73. The largest absolute Gasteiger partial charge is 0.318 e. The van der Waals surface area contributed by atoms with E-state index in [2.05, 4.69) is 4.98 Å². The summed E-state index contributed by atoms with van der Waals surface area (Å²) in [4.78, 5) is 5.45. The Morgan fingerprint density at radius 1 is 1.39 bits per heavy atom. The van der Waals surface area contributed by atoms with E-state index >= 15 is 0 Å². The van der Waals surface area contributed by atoms with Crippen molar-refractivity contribution in [3.63, 3.8) is 0 Å². The highest BCUT2D eigenvalue weighted by molar-refractivity contribution is 7.11. The van der Waals surface area contributed by atoms with Gasteiger partial charge in [0.05, 0.1) is 11.7 Å². The summed E-state index contributed by atoms with van der Waals surface area (Å²) >= 11 is 1.43. The summed E-state index contributed by atoms with van der Waals surface area (Å²) in [6.45, 7) is 3.95. The molecule has 2 aromatic rings. The van der Waals surface area contributed by atoms with E-state index < -0.39 is 17.7 Å². The molecule has 0 radical (unpaired) electrons. The summed E-state index contributed by atoms with van der Waals surface area (Å²) < 4.78 is 26.8. The van der Waals surface area contributed by atoms with Gasteiger partial charge in [-0.2, -0.15) is 0 Å². The summed E-state index contributed by atoms with van der Waals surface area (Å²) in [5.41, 5.74) is 7.07. The van der Waals surface area contributed by atoms with Gasteiger partial charge in [-0.05, 0) is 19.4 Å². The van der Waals surface area contributed by atoms with E-state index in [-0.39, 0.29) is 5.56 Å². The Morgan fingerprint density at radius 2 is 2.11 bits per heavy atom. The van der Waals surface area contributed by atoms with Crippen LogP contribution in [0.2, 0.25) is 0 Å². The lowest BCUT2D eigenvalue weighted by Crippen LogP contribution is -2.14. The summed E-state index contributed by atoms with van der Waals surface area (Å²) in [5, 5.41) is 0.619. The van der Waals surface area contributed by atoms with Gasteiger partial charge in [-0.3, -0.25) is 0 Å². The third-order valence-corrected chi connectivity index (χ3v) is 3.92. The van der Waals surface area contributed by atoms with Gasteiger partial charge in [0.15, 0.2) is 11.6 Å². The molecule has 1 atom stereocenters. The zero-order valence-corrected chi connectivity index (χ0v) is 11.0. The molecule has 5 heteroatoms. The van der Waals surface area contributed by atoms with Gasteiger partial charge in [0.25, 0.3) is 0 Å². The summed E-state index contributed by atoms with van der Waals surface area (Å²) in [7, 11) is 0. The zero-order valence-electron chi connectivity index (χ0n) is 10.2. The minimum Gasteiger partial charge on any atom is -0.318 e. The number of hydrogen-bond donors (Lipinski definition) is 1. The topological polar surface area (TPSA) is 38.9 Å². The van der Waals surface area contributed by atoms with E-state index in [4.69, 9.17) is 5.73 Å². The van der Waals surface area contributed by atoms with E-state index in [9.17, 15) is 8.78 Å². The van der Waals surface area contributed by atoms with Gasteiger partial charge in [-0.25, -0.2) is 13.8 Å². The third-order valence-electron chi connectivity index (χ3n) is 2.83. The average Bonchev–Trinajstić information content (AvgIpc) is 2.73. The van der Waals surface area contributed by atoms with E-state index in [0.717, 1.165) is 23.1 Å². The maximum atomic E-state index is 13.6. The van der Waals surface area contributed by atoms with Gasteiger partial charge in [-0.15, -0.1) is 11.3 Å². The maximum absolute atomic E-state index is 13.6. The lowest BCUT2D eigenvalue weighted by Gasteiger charge is -2.10. The number of nitrogens with two attached hydrogens (primary N) is 1. The molecule has 0 aliphatic rings. The van der Waals surface area contributed by atoms with Crippen molar-refractivity contribution in [1.29, 1.82) is 0 Å². The number of hydrogen-bond acceptors (Lipinski definition) is 3. The molecule has 2 rings (SSSR count). The van der Waals surface area contributed by atoms with Crippen LogP contribution in [-0.4, -0.2) is 4.98 Å². The van der Waals surface area contributed by atoms with Crippen LogP contribution in [0.4, 0.5) is 8.78 Å². The molecule has 0 spiro atoms. The van der Waals surface area contributed by atoms with Gasteiger partial charge in [0.1, 0.15) is 5.01 Å². The van der Waals surface area contributed by atoms with Crippen LogP contribution in [0.1, 0.15) is 34.1 Å². The number of nitrogens with zero attached hydrogens (tertiary/aromatic N) is 1. The Labute approximate surface area is 108 Å². The van der Waals surface area contributed by atoms with Crippen molar-refractivity contribution in [3.8, 4) is 0 Å². The van der Waals surface area contributed by atoms with Gasteiger partial charge < -0.3 is 5.73 Å². The molecule has 18 heavy (non-hydrogen) atoms. The van der Waals surface area contributed by atoms with Crippen molar-refractivity contribution >= 4 is 11.3 Å². The van der Waals surface area contributed by atoms with E-state index in [1.165, 1.54) is 23.5 Å². The van der Waals surface area contributed by atoms with Crippen LogP contribution >= 0.6 is 11.3 Å². The monoisotopic (exact) mass is 268 g/mol. The van der Waals surface area contributed by atoms with Gasteiger partial charge in [0.2, 0.25) is 0 Å². The predicted octanol–water partition coefficient (Wildman–Crippen LogP) is 3.34. The molecule has 0 aliphatic heterocycles. The van der Waals surface area contributed by atoms with Crippen LogP contribution in [0.3, 0.4) is 0 Å². The standard InChI is InChI=1S/C13H14F2N2S/c1-3-10-7(2)18-13(17-10)12(16)8-5-4-6-9(14)11(8)15/h4-6,12H,3,16H2,1-2H3. The predicted molar refractivity (Wildman–Crippen MR) is 68.6 cm³/mol. The number of thiazole rings is 1. The fraction of sp³-hybridized carbons (Fsp3) is 0.308. The zero-order chi connectivity index (χ0) is 13.3. The van der Waals surface area contributed by atoms with Crippen molar-refractivity contribution in [2.75, 3.05) is 0 Å². The third kappa shape index (κ3) is 2.28. The van der Waals surface area contributed by atoms with Crippen LogP contribution in [0, 0.1) is 18.6 Å². The fourth-order valence-corrected chi connectivity index (χ4v) is 2.84. The molecule has 1 heterocycles. The molecule has 0 bridgehead atoms. The minimum atomic E-state index is -0.893. The van der Waals surface area contributed by atoms with E-state index in [1.54, 1.807) is 0 Å². The van der Waals surface area contributed by atoms with Crippen molar-refractivity contribution in [1.82, 2.24) is 4.98 Å². The number of aryl methyl sites for hydroxylation is 2. The van der Waals surface area contributed by atoms with Crippen LogP contribution < -0.4 is 5.73 Å². The average molecular weight is 268 g/mol. The fourth-order valence-electron chi connectivity index (χ4n) is 1.81.